The Balaban J connectivity index is 1.89. The zero-order valence-corrected chi connectivity index (χ0v) is 59.6. The average molecular weight is 1280 g/mol. The lowest BCUT2D eigenvalue weighted by Gasteiger charge is -2.40. The molecule has 7 atom stereocenters. The Morgan fingerprint density at radius 3 is 1.03 bits per heavy atom. The summed E-state index contributed by atoms with van der Waals surface area (Å²) in [5, 5.41) is 54.6. The van der Waals surface area contributed by atoms with Gasteiger partial charge in [0.05, 0.1) is 32.0 Å². The van der Waals surface area contributed by atoms with Crippen molar-refractivity contribution < 1.29 is 49.3 Å². The molecule has 1 fully saturated rings. The monoisotopic (exact) mass is 1280 g/mol. The van der Waals surface area contributed by atoms with E-state index in [1.54, 1.807) is 6.08 Å². The van der Waals surface area contributed by atoms with E-state index < -0.39 is 49.5 Å². The van der Waals surface area contributed by atoms with E-state index >= 15 is 0 Å². The molecule has 0 saturated carbocycles. The number of aliphatic hydroxyl groups excluding tert-OH is 5. The van der Waals surface area contributed by atoms with Crippen LogP contribution in [0.2, 0.25) is 0 Å². The van der Waals surface area contributed by atoms with E-state index in [1.165, 1.54) is 340 Å². The third-order valence-corrected chi connectivity index (χ3v) is 19.4. The molecule has 1 heterocycles. The maximum absolute atomic E-state index is 13.1. The van der Waals surface area contributed by atoms with Crippen molar-refractivity contribution in [3.8, 4) is 0 Å². The maximum Gasteiger partial charge on any atom is 0.305 e. The number of aliphatic hydroxyl groups is 5. The van der Waals surface area contributed by atoms with Crippen molar-refractivity contribution in [1.82, 2.24) is 5.32 Å². The molecular weight excluding hydrogens is 1120 g/mol. The van der Waals surface area contributed by atoms with Crippen molar-refractivity contribution >= 4 is 11.9 Å². The number of allylic oxidation sites excluding steroid dienone is 1. The van der Waals surface area contributed by atoms with Crippen molar-refractivity contribution in [2.75, 3.05) is 19.8 Å². The van der Waals surface area contributed by atoms with Crippen LogP contribution in [0.25, 0.3) is 0 Å². The summed E-state index contributed by atoms with van der Waals surface area (Å²) in [4.78, 5) is 25.1. The molecule has 1 amide bonds. The molecule has 0 aromatic heterocycles. The molecule has 7 unspecified atom stereocenters. The average Bonchev–Trinajstić information content (AvgIpc) is 2.71. The van der Waals surface area contributed by atoms with Crippen LogP contribution in [-0.2, 0) is 23.8 Å². The van der Waals surface area contributed by atoms with Gasteiger partial charge in [0.25, 0.3) is 0 Å². The largest absolute Gasteiger partial charge is 0.466 e. The Morgan fingerprint density at radius 1 is 0.400 bits per heavy atom. The van der Waals surface area contributed by atoms with Crippen LogP contribution in [0, 0.1) is 0 Å². The molecule has 0 aliphatic carbocycles. The molecule has 0 aromatic rings. The molecule has 90 heavy (non-hydrogen) atoms. The molecule has 1 saturated heterocycles. The van der Waals surface area contributed by atoms with E-state index in [0.717, 1.165) is 51.4 Å². The summed E-state index contributed by atoms with van der Waals surface area (Å²) in [6.45, 7) is 4.40. The molecule has 6 N–H and O–H groups in total. The van der Waals surface area contributed by atoms with Gasteiger partial charge in [0.1, 0.15) is 24.4 Å². The number of amides is 1. The quantitative estimate of drug-likeness (QED) is 0.0195. The molecule has 11 heteroatoms. The highest BCUT2D eigenvalue weighted by Gasteiger charge is 2.44. The smallest absolute Gasteiger partial charge is 0.305 e. The predicted molar refractivity (Wildman–Crippen MR) is 380 cm³/mol. The summed E-state index contributed by atoms with van der Waals surface area (Å²) in [5.41, 5.74) is 0. The standard InChI is InChI=1S/C79H153NO10/c1-3-5-7-9-11-13-15-42-45-49-53-57-61-65-72(82)71(70-89-79-78(87)77(86)76(85)73(69-81)90-79)80-74(83)66-62-58-54-50-46-43-40-38-36-34-32-30-28-26-24-22-20-18-17-19-21-23-25-27-29-31-33-35-37-39-41-44-48-52-56-60-64-68-88-75(84)67-63-59-55-51-47-16-14-12-10-8-6-4-2/h61,65,71-73,76-79,81-82,85-87H,3-60,62-64,66-70H2,1-2H3,(H,80,83)/b65-61+. The Labute approximate surface area is 557 Å². The molecule has 0 bridgehead atoms. The van der Waals surface area contributed by atoms with E-state index in [-0.39, 0.29) is 18.5 Å². The van der Waals surface area contributed by atoms with E-state index in [0.29, 0.717) is 19.4 Å². The first-order valence-corrected chi connectivity index (χ1v) is 40.0. The Kier molecular flexibility index (Phi) is 66.0. The van der Waals surface area contributed by atoms with Crippen LogP contribution in [0.15, 0.2) is 12.2 Å². The minimum atomic E-state index is -1.57. The van der Waals surface area contributed by atoms with Crippen LogP contribution in [0.3, 0.4) is 0 Å². The van der Waals surface area contributed by atoms with Crippen molar-refractivity contribution in [3.63, 3.8) is 0 Å². The highest BCUT2D eigenvalue weighted by atomic mass is 16.7. The second-order valence-electron chi connectivity index (χ2n) is 28.1. The van der Waals surface area contributed by atoms with Crippen molar-refractivity contribution in [1.29, 1.82) is 0 Å². The van der Waals surface area contributed by atoms with Gasteiger partial charge in [-0.05, 0) is 32.1 Å². The molecule has 11 nitrogen and oxygen atoms in total. The first kappa shape index (κ1) is 86.4. The van der Waals surface area contributed by atoms with Gasteiger partial charge in [0.15, 0.2) is 6.29 Å². The number of carbonyl (C=O) groups is 2. The van der Waals surface area contributed by atoms with E-state index in [4.69, 9.17) is 14.2 Å². The fourth-order valence-corrected chi connectivity index (χ4v) is 13.1. The van der Waals surface area contributed by atoms with Gasteiger partial charge in [-0.3, -0.25) is 9.59 Å². The summed E-state index contributed by atoms with van der Waals surface area (Å²) in [7, 11) is 0. The van der Waals surface area contributed by atoms with Crippen molar-refractivity contribution in [3.05, 3.63) is 12.2 Å². The lowest BCUT2D eigenvalue weighted by molar-refractivity contribution is -0.302. The van der Waals surface area contributed by atoms with Crippen LogP contribution in [0.1, 0.15) is 418 Å². The number of ether oxygens (including phenoxy) is 3. The minimum Gasteiger partial charge on any atom is -0.466 e. The molecule has 1 rings (SSSR count). The van der Waals surface area contributed by atoms with Gasteiger partial charge < -0.3 is 45.1 Å². The number of unbranched alkanes of at least 4 members (excludes halogenated alkanes) is 58. The van der Waals surface area contributed by atoms with Gasteiger partial charge in [-0.1, -0.05) is 386 Å². The molecule has 1 aliphatic heterocycles. The third kappa shape index (κ3) is 56.7. The lowest BCUT2D eigenvalue weighted by atomic mass is 9.99. The van der Waals surface area contributed by atoms with Gasteiger partial charge in [0, 0.05) is 12.8 Å². The highest BCUT2D eigenvalue weighted by Crippen LogP contribution is 2.24. The van der Waals surface area contributed by atoms with Crippen LogP contribution in [0.4, 0.5) is 0 Å². The molecule has 0 radical (unpaired) electrons. The topological polar surface area (TPSA) is 175 Å². The Hall–Kier alpha value is -1.60. The number of hydrogen-bond acceptors (Lipinski definition) is 10. The molecule has 534 valence electrons. The van der Waals surface area contributed by atoms with Gasteiger partial charge in [0.2, 0.25) is 5.91 Å². The second-order valence-corrected chi connectivity index (χ2v) is 28.1. The summed E-state index contributed by atoms with van der Waals surface area (Å²) in [6.07, 6.45) is 76.7. The third-order valence-electron chi connectivity index (χ3n) is 19.4. The minimum absolute atomic E-state index is 0.0189. The van der Waals surface area contributed by atoms with Crippen LogP contribution >= 0.6 is 0 Å². The van der Waals surface area contributed by atoms with Gasteiger partial charge in [-0.2, -0.15) is 0 Å². The van der Waals surface area contributed by atoms with E-state index in [9.17, 15) is 35.1 Å². The molecule has 1 aliphatic rings. The number of nitrogens with one attached hydrogen (secondary N) is 1. The van der Waals surface area contributed by atoms with Crippen LogP contribution < -0.4 is 5.32 Å². The molecular formula is C79H153NO10. The SMILES string of the molecule is CCCCCCCCCCCCC/C=C/C(O)C(COC1OC(CO)C(O)C(O)C1O)NC(=O)CCCCCCCCCCCCCCCCCCCCCCCCCCCCCCCCCCCCCCCOC(=O)CCCCCCCCCCCCCC. The normalized spacial score (nSPS) is 17.6. The number of esters is 1. The number of hydrogen-bond donors (Lipinski definition) is 6. The van der Waals surface area contributed by atoms with Gasteiger partial charge in [-0.15, -0.1) is 0 Å². The van der Waals surface area contributed by atoms with Crippen molar-refractivity contribution in [2.45, 2.75) is 461 Å². The first-order chi connectivity index (χ1) is 44.2. The van der Waals surface area contributed by atoms with E-state index in [2.05, 4.69) is 19.2 Å². The fourth-order valence-electron chi connectivity index (χ4n) is 13.1. The van der Waals surface area contributed by atoms with Gasteiger partial charge in [-0.25, -0.2) is 0 Å². The second kappa shape index (κ2) is 68.8. The summed E-state index contributed by atoms with van der Waals surface area (Å²) < 4.78 is 16.8. The summed E-state index contributed by atoms with van der Waals surface area (Å²) >= 11 is 0. The first-order valence-electron chi connectivity index (χ1n) is 40.0. The number of rotatable bonds is 72. The Bertz CT molecular complexity index is 1500. The lowest BCUT2D eigenvalue weighted by Crippen LogP contribution is -2.60. The van der Waals surface area contributed by atoms with E-state index in [1.807, 2.05) is 6.08 Å². The van der Waals surface area contributed by atoms with Crippen LogP contribution in [0.5, 0.6) is 0 Å². The highest BCUT2D eigenvalue weighted by molar-refractivity contribution is 5.76. The predicted octanol–water partition coefficient (Wildman–Crippen LogP) is 21.4. The summed E-state index contributed by atoms with van der Waals surface area (Å²) in [5.74, 6) is -0.154. The van der Waals surface area contributed by atoms with Crippen LogP contribution in [-0.4, -0.2) is 100 Å². The zero-order chi connectivity index (χ0) is 65.1. The molecule has 0 spiro atoms. The fraction of sp³-hybridized carbons (Fsp3) is 0.949. The molecule has 0 aromatic carbocycles. The van der Waals surface area contributed by atoms with Gasteiger partial charge >= 0.3 is 5.97 Å². The van der Waals surface area contributed by atoms with Crippen molar-refractivity contribution in [2.24, 2.45) is 0 Å². The maximum atomic E-state index is 13.1. The summed E-state index contributed by atoms with van der Waals surface area (Å²) in [6, 6.07) is -0.805. The number of carbonyl (C=O) groups excluding carboxylic acids is 2. The Morgan fingerprint density at radius 2 is 0.700 bits per heavy atom. The zero-order valence-electron chi connectivity index (χ0n) is 59.6.